The molecule has 0 saturated heterocycles. The topological polar surface area (TPSA) is 66.8 Å². The molecule has 4 nitrogen and oxygen atoms in total. The molecule has 0 atom stereocenters. The van der Waals surface area contributed by atoms with Gasteiger partial charge in [-0.05, 0) is 41.2 Å². The van der Waals surface area contributed by atoms with Gasteiger partial charge in [0.05, 0.1) is 0 Å². The highest BCUT2D eigenvalue weighted by Gasteiger charge is 2.25. The predicted molar refractivity (Wildman–Crippen MR) is 104 cm³/mol. The van der Waals surface area contributed by atoms with Crippen molar-refractivity contribution >= 4 is 7.82 Å². The average molecular weight is 368 g/mol. The molecule has 0 unspecified atom stereocenters. The SMILES string of the molecule is CCc1c(C)cc(-c2ccccc2)c(-c2ccccc2)c1OP(=O)(O)O. The van der Waals surface area contributed by atoms with E-state index in [2.05, 4.69) is 6.07 Å². The third-order valence-corrected chi connectivity index (χ3v) is 4.74. The van der Waals surface area contributed by atoms with Gasteiger partial charge in [-0.2, -0.15) is 0 Å². The lowest BCUT2D eigenvalue weighted by Crippen LogP contribution is -2.01. The summed E-state index contributed by atoms with van der Waals surface area (Å²) in [4.78, 5) is 19.0. The van der Waals surface area contributed by atoms with Gasteiger partial charge in [0.25, 0.3) is 0 Å². The van der Waals surface area contributed by atoms with E-state index in [4.69, 9.17) is 4.52 Å². The van der Waals surface area contributed by atoms with Crippen molar-refractivity contribution in [1.82, 2.24) is 0 Å². The van der Waals surface area contributed by atoms with Crippen LogP contribution in [0.3, 0.4) is 0 Å². The first-order chi connectivity index (χ1) is 12.4. The average Bonchev–Trinajstić information content (AvgIpc) is 2.62. The van der Waals surface area contributed by atoms with Gasteiger partial charge in [0, 0.05) is 5.56 Å². The highest BCUT2D eigenvalue weighted by molar-refractivity contribution is 7.46. The van der Waals surface area contributed by atoms with Gasteiger partial charge in [0.1, 0.15) is 5.75 Å². The van der Waals surface area contributed by atoms with Gasteiger partial charge in [-0.1, -0.05) is 73.7 Å². The Morgan fingerprint density at radius 3 is 1.96 bits per heavy atom. The lowest BCUT2D eigenvalue weighted by Gasteiger charge is -2.21. The molecule has 0 aliphatic rings. The van der Waals surface area contributed by atoms with Crippen LogP contribution in [0.5, 0.6) is 5.75 Å². The second kappa shape index (κ2) is 7.46. The van der Waals surface area contributed by atoms with Crippen LogP contribution in [0, 0.1) is 6.92 Å². The van der Waals surface area contributed by atoms with E-state index in [0.29, 0.717) is 12.0 Å². The van der Waals surface area contributed by atoms with Crippen molar-refractivity contribution in [3.63, 3.8) is 0 Å². The van der Waals surface area contributed by atoms with Gasteiger partial charge in [0.15, 0.2) is 0 Å². The Kier molecular flexibility index (Phi) is 5.28. The van der Waals surface area contributed by atoms with E-state index in [0.717, 1.165) is 27.8 Å². The Bertz CT molecular complexity index is 947. The van der Waals surface area contributed by atoms with Crippen LogP contribution in [0.4, 0.5) is 0 Å². The molecule has 0 saturated carbocycles. The van der Waals surface area contributed by atoms with Gasteiger partial charge in [-0.25, -0.2) is 4.57 Å². The molecule has 2 N–H and O–H groups in total. The molecule has 0 aliphatic heterocycles. The molecule has 0 amide bonds. The monoisotopic (exact) mass is 368 g/mol. The summed E-state index contributed by atoms with van der Waals surface area (Å²) >= 11 is 0. The predicted octanol–water partition coefficient (Wildman–Crippen LogP) is 5.36. The highest BCUT2D eigenvalue weighted by Crippen LogP contribution is 2.49. The first kappa shape index (κ1) is 18.4. The molecule has 3 aromatic carbocycles. The Morgan fingerprint density at radius 2 is 1.46 bits per heavy atom. The zero-order chi connectivity index (χ0) is 18.7. The molecule has 5 heteroatoms. The van der Waals surface area contributed by atoms with Crippen molar-refractivity contribution in [3.8, 4) is 28.0 Å². The number of rotatable bonds is 5. The normalized spacial score (nSPS) is 11.4. The smallest absolute Gasteiger partial charge is 0.403 e. The van der Waals surface area contributed by atoms with E-state index in [-0.39, 0.29) is 5.75 Å². The molecule has 3 aromatic rings. The maximum Gasteiger partial charge on any atom is 0.524 e. The summed E-state index contributed by atoms with van der Waals surface area (Å²) in [5.74, 6) is 0.255. The number of hydrogen-bond acceptors (Lipinski definition) is 2. The fraction of sp³-hybridized carbons (Fsp3) is 0.143. The number of phosphoric ester groups is 1. The van der Waals surface area contributed by atoms with Crippen LogP contribution in [0.1, 0.15) is 18.1 Å². The van der Waals surface area contributed by atoms with E-state index in [1.54, 1.807) is 0 Å². The van der Waals surface area contributed by atoms with Crippen LogP contribution >= 0.6 is 7.82 Å². The Labute approximate surface area is 153 Å². The van der Waals surface area contributed by atoms with Crippen LogP contribution in [-0.2, 0) is 11.0 Å². The van der Waals surface area contributed by atoms with Crippen LogP contribution in [-0.4, -0.2) is 9.79 Å². The molecule has 0 aliphatic carbocycles. The summed E-state index contributed by atoms with van der Waals surface area (Å²) in [6, 6.07) is 21.4. The van der Waals surface area contributed by atoms with Crippen molar-refractivity contribution in [1.29, 1.82) is 0 Å². The molecule has 3 rings (SSSR count). The maximum absolute atomic E-state index is 11.7. The van der Waals surface area contributed by atoms with E-state index in [1.807, 2.05) is 74.5 Å². The van der Waals surface area contributed by atoms with Crippen LogP contribution in [0.25, 0.3) is 22.3 Å². The summed E-state index contributed by atoms with van der Waals surface area (Å²) in [5.41, 5.74) is 5.14. The number of phosphoric acid groups is 1. The quantitative estimate of drug-likeness (QED) is 0.595. The van der Waals surface area contributed by atoms with Gasteiger partial charge in [-0.3, -0.25) is 9.79 Å². The maximum atomic E-state index is 11.7. The summed E-state index contributed by atoms with van der Waals surface area (Å²) in [6.45, 7) is 3.89. The van der Waals surface area contributed by atoms with Crippen molar-refractivity contribution in [2.75, 3.05) is 0 Å². The van der Waals surface area contributed by atoms with Gasteiger partial charge >= 0.3 is 7.82 Å². The van der Waals surface area contributed by atoms with Crippen molar-refractivity contribution in [3.05, 3.63) is 77.9 Å². The number of hydrogen-bond donors (Lipinski definition) is 2. The minimum atomic E-state index is -4.71. The summed E-state index contributed by atoms with van der Waals surface area (Å²) < 4.78 is 16.9. The molecule has 0 spiro atoms. The Balaban J connectivity index is 2.40. The van der Waals surface area contributed by atoms with Gasteiger partial charge in [-0.15, -0.1) is 0 Å². The number of benzene rings is 3. The first-order valence-electron chi connectivity index (χ1n) is 8.43. The third kappa shape index (κ3) is 3.88. The largest absolute Gasteiger partial charge is 0.524 e. The van der Waals surface area contributed by atoms with Crippen LogP contribution in [0.2, 0.25) is 0 Å². The van der Waals surface area contributed by atoms with E-state index < -0.39 is 7.82 Å². The van der Waals surface area contributed by atoms with E-state index in [1.165, 1.54) is 0 Å². The lowest BCUT2D eigenvalue weighted by atomic mass is 9.88. The second-order valence-corrected chi connectivity index (χ2v) is 7.25. The zero-order valence-electron chi connectivity index (χ0n) is 14.7. The molecule has 0 radical (unpaired) electrons. The van der Waals surface area contributed by atoms with Gasteiger partial charge in [0.2, 0.25) is 0 Å². The van der Waals surface area contributed by atoms with Gasteiger partial charge < -0.3 is 4.52 Å². The fourth-order valence-electron chi connectivity index (χ4n) is 3.22. The third-order valence-electron chi connectivity index (χ3n) is 4.32. The minimum Gasteiger partial charge on any atom is -0.403 e. The molecule has 0 heterocycles. The van der Waals surface area contributed by atoms with E-state index >= 15 is 0 Å². The lowest BCUT2D eigenvalue weighted by molar-refractivity contribution is 0.282. The Hall–Kier alpha value is -2.39. The van der Waals surface area contributed by atoms with Crippen LogP contribution in [0.15, 0.2) is 66.7 Å². The highest BCUT2D eigenvalue weighted by atomic mass is 31.2. The summed E-state index contributed by atoms with van der Waals surface area (Å²) in [6.07, 6.45) is 0.607. The van der Waals surface area contributed by atoms with Crippen molar-refractivity contribution in [2.45, 2.75) is 20.3 Å². The standard InChI is InChI=1S/C21H21O4P/c1-3-18-15(2)14-19(16-10-6-4-7-11-16)20(17-12-8-5-9-13-17)21(18)25-26(22,23)24/h4-14H,3H2,1-2H3,(H2,22,23,24). The van der Waals surface area contributed by atoms with Crippen LogP contribution < -0.4 is 4.52 Å². The zero-order valence-corrected chi connectivity index (χ0v) is 15.6. The summed E-state index contributed by atoms with van der Waals surface area (Å²) in [5, 5.41) is 0. The second-order valence-electron chi connectivity index (χ2n) is 6.09. The molecule has 0 aromatic heterocycles. The minimum absolute atomic E-state index is 0.255. The molecule has 0 bridgehead atoms. The fourth-order valence-corrected chi connectivity index (χ4v) is 3.66. The Morgan fingerprint density at radius 1 is 0.923 bits per heavy atom. The molecule has 26 heavy (non-hydrogen) atoms. The van der Waals surface area contributed by atoms with E-state index in [9.17, 15) is 14.4 Å². The number of aryl methyl sites for hydroxylation is 1. The first-order valence-corrected chi connectivity index (χ1v) is 9.96. The summed E-state index contributed by atoms with van der Waals surface area (Å²) in [7, 11) is -4.71. The molecule has 134 valence electrons. The molecule has 0 fully saturated rings. The molecular formula is C21H21O4P. The van der Waals surface area contributed by atoms with Crippen molar-refractivity contribution in [2.24, 2.45) is 0 Å². The molecular weight excluding hydrogens is 347 g/mol. The van der Waals surface area contributed by atoms with Crippen molar-refractivity contribution < 1.29 is 18.9 Å².